The van der Waals surface area contributed by atoms with Gasteiger partial charge in [0, 0.05) is 5.41 Å². The fourth-order valence-electron chi connectivity index (χ4n) is 1.27. The highest BCUT2D eigenvalue weighted by Crippen LogP contribution is 2.34. The number of hydrogen-bond donors (Lipinski definition) is 0. The number of rotatable bonds is 2. The number of hydrogen-bond acceptors (Lipinski definition) is 2. The lowest BCUT2D eigenvalue weighted by atomic mass is 9.87. The Balaban J connectivity index is 2.49. The van der Waals surface area contributed by atoms with Crippen LogP contribution < -0.4 is 0 Å². The molecule has 1 aliphatic heterocycles. The topological polar surface area (TPSA) is 29.6 Å². The minimum Gasteiger partial charge on any atom is -0.361 e. The molecular weight excluding hydrogens is 152 g/mol. The van der Waals surface area contributed by atoms with Crippen LogP contribution >= 0.6 is 0 Å². The Kier molecular flexibility index (Phi) is 2.30. The minimum atomic E-state index is -0.256. The van der Waals surface area contributed by atoms with Gasteiger partial charge in [-0.25, -0.2) is 0 Å². The van der Waals surface area contributed by atoms with Crippen molar-refractivity contribution in [3.8, 4) is 0 Å². The van der Waals surface area contributed by atoms with Gasteiger partial charge in [-0.3, -0.25) is 4.79 Å². The molecule has 0 aromatic heterocycles. The summed E-state index contributed by atoms with van der Waals surface area (Å²) in [6.45, 7) is 9.98. The van der Waals surface area contributed by atoms with Crippen LogP contribution in [-0.2, 0) is 9.53 Å². The first-order valence-corrected chi connectivity index (χ1v) is 4.54. The number of ether oxygens (including phenoxy) is 1. The quantitative estimate of drug-likeness (QED) is 0.593. The summed E-state index contributed by atoms with van der Waals surface area (Å²) in [6.07, 6.45) is 0.0572. The second-order valence-corrected chi connectivity index (χ2v) is 4.88. The van der Waals surface area contributed by atoms with Crippen molar-refractivity contribution in [1.29, 1.82) is 0 Å². The van der Waals surface area contributed by atoms with Crippen LogP contribution in [0.25, 0.3) is 0 Å². The van der Waals surface area contributed by atoms with E-state index in [2.05, 4.69) is 13.8 Å². The molecule has 0 amide bonds. The fraction of sp³-hybridized carbons (Fsp3) is 0.900. The lowest BCUT2D eigenvalue weighted by Crippen LogP contribution is -2.27. The van der Waals surface area contributed by atoms with Crippen molar-refractivity contribution in [3.05, 3.63) is 0 Å². The first-order valence-electron chi connectivity index (χ1n) is 4.54. The number of Topliss-reactive ketones (excluding diaryl/α,β-unsaturated/α-hetero) is 1. The Hall–Kier alpha value is -0.370. The molecule has 0 spiro atoms. The van der Waals surface area contributed by atoms with Gasteiger partial charge in [-0.05, 0) is 5.92 Å². The van der Waals surface area contributed by atoms with Gasteiger partial charge in [-0.2, -0.15) is 0 Å². The number of carbonyl (C=O) groups is 1. The van der Waals surface area contributed by atoms with E-state index in [0.29, 0.717) is 5.92 Å². The Morgan fingerprint density at radius 2 is 1.83 bits per heavy atom. The van der Waals surface area contributed by atoms with Crippen LogP contribution in [0.3, 0.4) is 0 Å². The van der Waals surface area contributed by atoms with E-state index >= 15 is 0 Å². The molecule has 0 aromatic carbocycles. The van der Waals surface area contributed by atoms with E-state index in [1.54, 1.807) is 0 Å². The van der Waals surface area contributed by atoms with Crippen LogP contribution in [-0.4, -0.2) is 18.0 Å². The second kappa shape index (κ2) is 2.84. The lowest BCUT2D eigenvalue weighted by molar-refractivity contribution is -0.127. The van der Waals surface area contributed by atoms with Crippen molar-refractivity contribution in [2.24, 2.45) is 11.3 Å². The smallest absolute Gasteiger partial charge is 0.169 e. The molecule has 2 heteroatoms. The van der Waals surface area contributed by atoms with Crippen molar-refractivity contribution in [3.63, 3.8) is 0 Å². The largest absolute Gasteiger partial charge is 0.361 e. The Morgan fingerprint density at radius 3 is 2.08 bits per heavy atom. The van der Waals surface area contributed by atoms with E-state index in [-0.39, 0.29) is 23.4 Å². The Morgan fingerprint density at radius 1 is 1.33 bits per heavy atom. The molecule has 12 heavy (non-hydrogen) atoms. The maximum Gasteiger partial charge on any atom is 0.169 e. The molecule has 0 saturated carbocycles. The highest BCUT2D eigenvalue weighted by atomic mass is 16.6. The van der Waals surface area contributed by atoms with E-state index < -0.39 is 0 Å². The van der Waals surface area contributed by atoms with Crippen LogP contribution in [0.2, 0.25) is 0 Å². The van der Waals surface area contributed by atoms with Crippen molar-refractivity contribution in [1.82, 2.24) is 0 Å². The van der Waals surface area contributed by atoms with Gasteiger partial charge in [0.15, 0.2) is 5.78 Å². The van der Waals surface area contributed by atoms with Gasteiger partial charge in [-0.1, -0.05) is 34.6 Å². The molecule has 0 radical (unpaired) electrons. The molecule has 1 aliphatic rings. The minimum absolute atomic E-state index is 0.120. The van der Waals surface area contributed by atoms with Crippen LogP contribution in [0.5, 0.6) is 0 Å². The summed E-state index contributed by atoms with van der Waals surface area (Å²) in [6, 6.07) is 0. The van der Waals surface area contributed by atoms with Crippen molar-refractivity contribution >= 4 is 5.78 Å². The first kappa shape index (κ1) is 9.72. The summed E-state index contributed by atoms with van der Waals surface area (Å²) in [5, 5.41) is 0. The zero-order valence-corrected chi connectivity index (χ0v) is 8.55. The van der Waals surface area contributed by atoms with Crippen LogP contribution in [0.1, 0.15) is 34.6 Å². The fourth-order valence-corrected chi connectivity index (χ4v) is 1.27. The van der Waals surface area contributed by atoms with Gasteiger partial charge in [0.05, 0.1) is 6.10 Å². The first-order chi connectivity index (χ1) is 5.34. The molecule has 0 bridgehead atoms. The number of ketones is 1. The van der Waals surface area contributed by atoms with Gasteiger partial charge in [0.2, 0.25) is 0 Å². The summed E-state index contributed by atoms with van der Waals surface area (Å²) in [5.41, 5.74) is -0.256. The SMILES string of the molecule is CC(C)[C@H]1O[C@H]1C(=O)C(C)(C)C. The maximum atomic E-state index is 11.6. The summed E-state index contributed by atoms with van der Waals surface area (Å²) in [7, 11) is 0. The zero-order chi connectivity index (χ0) is 9.52. The average Bonchev–Trinajstić information content (AvgIpc) is 2.61. The molecule has 2 nitrogen and oxygen atoms in total. The third kappa shape index (κ3) is 1.86. The van der Waals surface area contributed by atoms with Gasteiger partial charge in [0.1, 0.15) is 6.10 Å². The van der Waals surface area contributed by atoms with E-state index in [0.717, 1.165) is 0 Å². The molecule has 70 valence electrons. The third-order valence-electron chi connectivity index (χ3n) is 2.18. The number of epoxide rings is 1. The Bertz CT molecular complexity index is 189. The van der Waals surface area contributed by atoms with E-state index in [1.807, 2.05) is 20.8 Å². The molecule has 1 heterocycles. The average molecular weight is 170 g/mol. The summed E-state index contributed by atoms with van der Waals surface area (Å²) in [5.74, 6) is 0.697. The van der Waals surface area contributed by atoms with E-state index in [4.69, 9.17) is 4.74 Å². The van der Waals surface area contributed by atoms with Crippen LogP contribution in [0, 0.1) is 11.3 Å². The summed E-state index contributed by atoms with van der Waals surface area (Å²) < 4.78 is 5.32. The van der Waals surface area contributed by atoms with Crippen LogP contribution in [0.4, 0.5) is 0 Å². The monoisotopic (exact) mass is 170 g/mol. The molecule has 2 atom stereocenters. The van der Waals surface area contributed by atoms with Crippen molar-refractivity contribution < 1.29 is 9.53 Å². The molecule has 0 unspecified atom stereocenters. The van der Waals surface area contributed by atoms with Crippen LogP contribution in [0.15, 0.2) is 0 Å². The van der Waals surface area contributed by atoms with Crippen molar-refractivity contribution in [2.75, 3.05) is 0 Å². The molecule has 0 aromatic rings. The van der Waals surface area contributed by atoms with Gasteiger partial charge in [-0.15, -0.1) is 0 Å². The standard InChI is InChI=1S/C10H18O2/c1-6(2)7-8(12-7)9(11)10(3,4)5/h6-8H,1-5H3/t7-,8-/m1/s1. The van der Waals surface area contributed by atoms with Gasteiger partial charge < -0.3 is 4.74 Å². The highest BCUT2D eigenvalue weighted by Gasteiger charge is 2.49. The summed E-state index contributed by atoms with van der Waals surface area (Å²) >= 11 is 0. The van der Waals surface area contributed by atoms with Crippen molar-refractivity contribution in [2.45, 2.75) is 46.8 Å². The molecular formula is C10H18O2. The predicted octanol–water partition coefficient (Wildman–Crippen LogP) is 2.02. The molecule has 0 aliphatic carbocycles. The maximum absolute atomic E-state index is 11.6. The van der Waals surface area contributed by atoms with E-state index in [9.17, 15) is 4.79 Å². The predicted molar refractivity (Wildman–Crippen MR) is 48.0 cm³/mol. The third-order valence-corrected chi connectivity index (χ3v) is 2.18. The van der Waals surface area contributed by atoms with E-state index in [1.165, 1.54) is 0 Å². The van der Waals surface area contributed by atoms with Gasteiger partial charge in [0.25, 0.3) is 0 Å². The molecule has 1 rings (SSSR count). The lowest BCUT2D eigenvalue weighted by Gasteiger charge is -2.14. The zero-order valence-electron chi connectivity index (χ0n) is 8.55. The Labute approximate surface area is 74.3 Å². The van der Waals surface area contributed by atoms with Gasteiger partial charge >= 0.3 is 0 Å². The summed E-state index contributed by atoms with van der Waals surface area (Å²) in [4.78, 5) is 11.6. The normalized spacial score (nSPS) is 29.2. The number of carbonyl (C=O) groups excluding carboxylic acids is 1. The highest BCUT2D eigenvalue weighted by molar-refractivity contribution is 5.90. The molecule has 1 fully saturated rings. The second-order valence-electron chi connectivity index (χ2n) is 4.88. The molecule has 1 saturated heterocycles. The molecule has 0 N–H and O–H groups in total.